The average Bonchev–Trinajstić information content (AvgIpc) is 3.22. The van der Waals surface area contributed by atoms with E-state index >= 15 is 0 Å². The zero-order valence-corrected chi connectivity index (χ0v) is 15.6. The van der Waals surface area contributed by atoms with Gasteiger partial charge < -0.3 is 9.15 Å². The summed E-state index contributed by atoms with van der Waals surface area (Å²) in [4.78, 5) is 0. The van der Waals surface area contributed by atoms with Crippen LogP contribution in [-0.4, -0.2) is 26.8 Å². The van der Waals surface area contributed by atoms with E-state index < -0.39 is 0 Å². The molecular formula is C16H14Cl2N4O2S. The van der Waals surface area contributed by atoms with Gasteiger partial charge in [-0.1, -0.05) is 48.0 Å². The Morgan fingerprint density at radius 3 is 2.84 bits per heavy atom. The third kappa shape index (κ3) is 4.56. The molecule has 0 aliphatic rings. The monoisotopic (exact) mass is 396 g/mol. The first-order valence-electron chi connectivity index (χ1n) is 7.40. The molecule has 0 spiro atoms. The highest BCUT2D eigenvalue weighted by Crippen LogP contribution is 2.33. The molecule has 0 unspecified atom stereocenters. The third-order valence-electron chi connectivity index (χ3n) is 3.04. The molecule has 0 fully saturated rings. The number of thioether (sulfide) groups is 1. The highest BCUT2D eigenvalue weighted by atomic mass is 35.5. The topological polar surface area (TPSA) is 65.4 Å². The van der Waals surface area contributed by atoms with Gasteiger partial charge >= 0.3 is 0 Å². The SMILES string of the molecule is CCSc1nncn1/N=C\c1ccc(COc2c(Cl)cccc2Cl)o1. The number of ether oxygens (including phenoxy) is 1. The number of para-hydroxylation sites is 1. The van der Waals surface area contributed by atoms with Gasteiger partial charge in [-0.2, -0.15) is 9.78 Å². The Bertz CT molecular complexity index is 858. The van der Waals surface area contributed by atoms with Crippen molar-refractivity contribution in [3.05, 3.63) is 58.2 Å². The van der Waals surface area contributed by atoms with Gasteiger partial charge in [0.05, 0.1) is 16.3 Å². The maximum atomic E-state index is 6.07. The van der Waals surface area contributed by atoms with Crippen molar-refractivity contribution in [2.75, 3.05) is 5.75 Å². The minimum atomic E-state index is 0.209. The highest BCUT2D eigenvalue weighted by Gasteiger charge is 2.09. The highest BCUT2D eigenvalue weighted by molar-refractivity contribution is 7.99. The Morgan fingerprint density at radius 1 is 1.28 bits per heavy atom. The molecule has 0 amide bonds. The van der Waals surface area contributed by atoms with E-state index in [-0.39, 0.29) is 6.61 Å². The third-order valence-corrected chi connectivity index (χ3v) is 4.45. The van der Waals surface area contributed by atoms with E-state index in [1.54, 1.807) is 59.3 Å². The molecule has 130 valence electrons. The number of hydrogen-bond acceptors (Lipinski definition) is 6. The van der Waals surface area contributed by atoms with Crippen LogP contribution in [-0.2, 0) is 6.61 Å². The van der Waals surface area contributed by atoms with Crippen LogP contribution in [0.25, 0.3) is 0 Å². The first kappa shape index (κ1) is 17.8. The molecule has 3 aromatic rings. The Hall–Kier alpha value is -1.96. The van der Waals surface area contributed by atoms with Crippen molar-refractivity contribution in [3.63, 3.8) is 0 Å². The van der Waals surface area contributed by atoms with Gasteiger partial charge in [0.25, 0.3) is 0 Å². The van der Waals surface area contributed by atoms with Crippen LogP contribution in [0.15, 0.2) is 51.3 Å². The molecule has 25 heavy (non-hydrogen) atoms. The molecule has 0 aliphatic carbocycles. The lowest BCUT2D eigenvalue weighted by Crippen LogP contribution is -1.95. The second kappa shape index (κ2) is 8.42. The van der Waals surface area contributed by atoms with E-state index in [0.29, 0.717) is 27.3 Å². The predicted octanol–water partition coefficient (Wildman–Crippen LogP) is 4.75. The Labute approximate surface area is 158 Å². The molecule has 0 bridgehead atoms. The summed E-state index contributed by atoms with van der Waals surface area (Å²) in [5, 5.41) is 13.7. The molecular weight excluding hydrogens is 383 g/mol. The zero-order chi connectivity index (χ0) is 17.6. The zero-order valence-electron chi connectivity index (χ0n) is 13.2. The average molecular weight is 397 g/mol. The van der Waals surface area contributed by atoms with Crippen molar-refractivity contribution >= 4 is 41.2 Å². The van der Waals surface area contributed by atoms with Gasteiger partial charge in [0.15, 0.2) is 5.75 Å². The van der Waals surface area contributed by atoms with Crippen LogP contribution in [0.4, 0.5) is 0 Å². The molecule has 0 N–H and O–H groups in total. The molecule has 2 aromatic heterocycles. The molecule has 0 atom stereocenters. The molecule has 0 aliphatic heterocycles. The predicted molar refractivity (Wildman–Crippen MR) is 98.9 cm³/mol. The van der Waals surface area contributed by atoms with Gasteiger partial charge in [0, 0.05) is 0 Å². The van der Waals surface area contributed by atoms with Crippen molar-refractivity contribution in [2.45, 2.75) is 18.7 Å². The van der Waals surface area contributed by atoms with E-state index in [4.69, 9.17) is 32.4 Å². The lowest BCUT2D eigenvalue weighted by Gasteiger charge is -2.07. The van der Waals surface area contributed by atoms with Crippen molar-refractivity contribution in [2.24, 2.45) is 5.10 Å². The summed E-state index contributed by atoms with van der Waals surface area (Å²) >= 11 is 13.7. The fourth-order valence-electron chi connectivity index (χ4n) is 1.95. The number of hydrogen-bond donors (Lipinski definition) is 0. The van der Waals surface area contributed by atoms with Crippen LogP contribution in [0.3, 0.4) is 0 Å². The lowest BCUT2D eigenvalue weighted by atomic mass is 10.3. The molecule has 0 saturated carbocycles. The molecule has 3 rings (SSSR count). The number of nitrogens with zero attached hydrogens (tertiary/aromatic N) is 4. The fourth-order valence-corrected chi connectivity index (χ4v) is 3.04. The van der Waals surface area contributed by atoms with Gasteiger partial charge in [-0.25, -0.2) is 0 Å². The Kier molecular flexibility index (Phi) is 6.01. The summed E-state index contributed by atoms with van der Waals surface area (Å²) in [5.74, 6) is 2.54. The van der Waals surface area contributed by atoms with Crippen LogP contribution < -0.4 is 4.74 Å². The van der Waals surface area contributed by atoms with E-state index in [9.17, 15) is 0 Å². The second-order valence-electron chi connectivity index (χ2n) is 4.78. The van der Waals surface area contributed by atoms with E-state index in [0.717, 1.165) is 10.9 Å². The van der Waals surface area contributed by atoms with Crippen molar-refractivity contribution in [1.82, 2.24) is 14.9 Å². The van der Waals surface area contributed by atoms with Gasteiger partial charge in [-0.15, -0.1) is 10.2 Å². The molecule has 6 nitrogen and oxygen atoms in total. The van der Waals surface area contributed by atoms with Crippen LogP contribution in [0.5, 0.6) is 5.75 Å². The van der Waals surface area contributed by atoms with Crippen molar-refractivity contribution in [3.8, 4) is 5.75 Å². The van der Waals surface area contributed by atoms with Crippen molar-refractivity contribution < 1.29 is 9.15 Å². The molecule has 1 aromatic carbocycles. The number of rotatable bonds is 7. The number of furan rings is 1. The lowest BCUT2D eigenvalue weighted by molar-refractivity contribution is 0.270. The minimum Gasteiger partial charge on any atom is -0.483 e. The summed E-state index contributed by atoms with van der Waals surface area (Å²) in [5.41, 5.74) is 0. The number of halogens is 2. The summed E-state index contributed by atoms with van der Waals surface area (Å²) in [6, 6.07) is 8.80. The fraction of sp³-hybridized carbons (Fsp3) is 0.188. The van der Waals surface area contributed by atoms with Crippen LogP contribution in [0.2, 0.25) is 10.0 Å². The minimum absolute atomic E-state index is 0.209. The first-order valence-corrected chi connectivity index (χ1v) is 9.14. The molecule has 9 heteroatoms. The summed E-state index contributed by atoms with van der Waals surface area (Å²) in [6.07, 6.45) is 3.13. The molecule has 0 saturated heterocycles. The maximum absolute atomic E-state index is 6.07. The summed E-state index contributed by atoms with van der Waals surface area (Å²) < 4.78 is 12.9. The standard InChI is InChI=1S/C16H14Cl2N4O2S/c1-2-25-16-21-19-10-22(16)20-8-11-6-7-12(24-11)9-23-15-13(17)4-3-5-14(15)18/h3-8,10H,2,9H2,1H3/b20-8-. The molecule has 2 heterocycles. The summed E-state index contributed by atoms with van der Waals surface area (Å²) in [6.45, 7) is 2.25. The largest absolute Gasteiger partial charge is 0.483 e. The molecule has 0 radical (unpaired) electrons. The maximum Gasteiger partial charge on any atom is 0.211 e. The van der Waals surface area contributed by atoms with Crippen LogP contribution in [0.1, 0.15) is 18.4 Å². The number of benzene rings is 1. The Morgan fingerprint density at radius 2 is 2.08 bits per heavy atom. The quantitative estimate of drug-likeness (QED) is 0.425. The van der Waals surface area contributed by atoms with Crippen LogP contribution in [0, 0.1) is 0 Å². The van der Waals surface area contributed by atoms with Crippen LogP contribution >= 0.6 is 35.0 Å². The first-order chi connectivity index (χ1) is 12.2. The smallest absolute Gasteiger partial charge is 0.211 e. The Balaban J connectivity index is 1.64. The van der Waals surface area contributed by atoms with Gasteiger partial charge in [0.1, 0.15) is 24.5 Å². The normalized spacial score (nSPS) is 11.3. The number of aromatic nitrogens is 3. The van der Waals surface area contributed by atoms with Gasteiger partial charge in [0.2, 0.25) is 5.16 Å². The van der Waals surface area contributed by atoms with E-state index in [1.807, 2.05) is 6.92 Å². The summed E-state index contributed by atoms with van der Waals surface area (Å²) in [7, 11) is 0. The van der Waals surface area contributed by atoms with Crippen molar-refractivity contribution in [1.29, 1.82) is 0 Å². The van der Waals surface area contributed by atoms with E-state index in [1.165, 1.54) is 0 Å². The van der Waals surface area contributed by atoms with Gasteiger partial charge in [-0.3, -0.25) is 0 Å². The second-order valence-corrected chi connectivity index (χ2v) is 6.82. The van der Waals surface area contributed by atoms with E-state index in [2.05, 4.69) is 15.3 Å². The van der Waals surface area contributed by atoms with Gasteiger partial charge in [-0.05, 0) is 30.0 Å².